The van der Waals surface area contributed by atoms with Crippen molar-refractivity contribution in [3.63, 3.8) is 0 Å². The molecule has 0 fully saturated rings. The van der Waals surface area contributed by atoms with Gasteiger partial charge in [0.05, 0.1) is 18.8 Å². The second-order valence-electron chi connectivity index (χ2n) is 16.2. The van der Waals surface area contributed by atoms with Crippen LogP contribution < -0.4 is 5.32 Å². The molecule has 2 unspecified atom stereocenters. The summed E-state index contributed by atoms with van der Waals surface area (Å²) in [6.07, 6.45) is 59.9. The lowest BCUT2D eigenvalue weighted by molar-refractivity contribution is -0.123. The summed E-state index contributed by atoms with van der Waals surface area (Å²) in [5, 5.41) is 23.0. The number of allylic oxidation sites excluding steroid dienone is 5. The van der Waals surface area contributed by atoms with Gasteiger partial charge in [-0.2, -0.15) is 0 Å². The molecule has 0 radical (unpaired) electrons. The minimum Gasteiger partial charge on any atom is -0.394 e. The lowest BCUT2D eigenvalue weighted by atomic mass is 10.0. The summed E-state index contributed by atoms with van der Waals surface area (Å²) in [5.41, 5.74) is 0. The van der Waals surface area contributed by atoms with Crippen molar-refractivity contribution in [2.24, 2.45) is 0 Å². The molecule has 0 bridgehead atoms. The van der Waals surface area contributed by atoms with E-state index in [1.165, 1.54) is 193 Å². The number of carbonyl (C=O) groups is 1. The van der Waals surface area contributed by atoms with Crippen LogP contribution in [0.25, 0.3) is 0 Å². The minimum atomic E-state index is -0.867. The maximum absolute atomic E-state index is 12.4. The Labute approximate surface area is 331 Å². The van der Waals surface area contributed by atoms with Gasteiger partial charge in [-0.15, -0.1) is 0 Å². The fourth-order valence-electron chi connectivity index (χ4n) is 7.21. The standard InChI is InChI=1S/C49H93NO3/c1-3-5-7-9-11-13-15-17-19-20-21-22-23-24-25-26-27-28-29-30-31-32-34-36-38-40-42-44-48(52)47(46-51)50-49(53)45-43-41-39-37-35-33-18-16-14-12-10-8-6-4-2/h29-30,34,36,42,44,47-48,51-52H,3-28,31-33,35,37-41,43,45-46H2,1-2H3,(H,50,53)/b30-29+,36-34+,44-42+. The topological polar surface area (TPSA) is 69.6 Å². The smallest absolute Gasteiger partial charge is 0.220 e. The first-order valence-electron chi connectivity index (χ1n) is 23.7. The molecule has 1 amide bonds. The molecule has 53 heavy (non-hydrogen) atoms. The normalized spacial score (nSPS) is 13.2. The van der Waals surface area contributed by atoms with Gasteiger partial charge in [0.1, 0.15) is 0 Å². The summed E-state index contributed by atoms with van der Waals surface area (Å²) < 4.78 is 0. The predicted octanol–water partition coefficient (Wildman–Crippen LogP) is 15.0. The highest BCUT2D eigenvalue weighted by atomic mass is 16.3. The Morgan fingerprint density at radius 2 is 0.736 bits per heavy atom. The summed E-state index contributed by atoms with van der Waals surface area (Å²) in [6.45, 7) is 4.31. The largest absolute Gasteiger partial charge is 0.394 e. The molecule has 0 saturated carbocycles. The number of hydrogen-bond donors (Lipinski definition) is 3. The Hall–Kier alpha value is -1.39. The third-order valence-electron chi connectivity index (χ3n) is 10.9. The van der Waals surface area contributed by atoms with E-state index in [2.05, 4.69) is 43.5 Å². The molecular formula is C49H93NO3. The lowest BCUT2D eigenvalue weighted by Crippen LogP contribution is -2.45. The van der Waals surface area contributed by atoms with Crippen LogP contribution in [0.2, 0.25) is 0 Å². The number of hydrogen-bond acceptors (Lipinski definition) is 3. The van der Waals surface area contributed by atoms with Gasteiger partial charge in [0.15, 0.2) is 0 Å². The summed E-state index contributed by atoms with van der Waals surface area (Å²) in [7, 11) is 0. The summed E-state index contributed by atoms with van der Waals surface area (Å²) in [4.78, 5) is 12.4. The molecule has 2 atom stereocenters. The monoisotopic (exact) mass is 744 g/mol. The number of nitrogens with one attached hydrogen (secondary N) is 1. The third-order valence-corrected chi connectivity index (χ3v) is 10.9. The molecule has 0 aliphatic heterocycles. The summed E-state index contributed by atoms with van der Waals surface area (Å²) in [6, 6.07) is -0.642. The zero-order valence-corrected chi connectivity index (χ0v) is 35.8. The molecule has 0 aromatic heterocycles. The molecule has 0 aromatic rings. The molecular weight excluding hydrogens is 651 g/mol. The number of aliphatic hydroxyl groups is 2. The third kappa shape index (κ3) is 41.6. The van der Waals surface area contributed by atoms with Crippen molar-refractivity contribution in [2.75, 3.05) is 6.61 Å². The molecule has 0 aliphatic rings. The van der Waals surface area contributed by atoms with Crippen molar-refractivity contribution < 1.29 is 15.0 Å². The molecule has 0 heterocycles. The van der Waals surface area contributed by atoms with Crippen LogP contribution in [0.4, 0.5) is 0 Å². The highest BCUT2D eigenvalue weighted by Gasteiger charge is 2.17. The van der Waals surface area contributed by atoms with Gasteiger partial charge in [-0.3, -0.25) is 4.79 Å². The predicted molar refractivity (Wildman–Crippen MR) is 235 cm³/mol. The van der Waals surface area contributed by atoms with E-state index < -0.39 is 12.1 Å². The van der Waals surface area contributed by atoms with Crippen molar-refractivity contribution in [2.45, 2.75) is 264 Å². The van der Waals surface area contributed by atoms with Crippen LogP contribution in [-0.2, 0) is 4.79 Å². The van der Waals surface area contributed by atoms with Gasteiger partial charge in [-0.05, 0) is 44.9 Å². The maximum Gasteiger partial charge on any atom is 0.220 e. The van der Waals surface area contributed by atoms with Gasteiger partial charge in [0.25, 0.3) is 0 Å². The van der Waals surface area contributed by atoms with Crippen LogP contribution in [0, 0.1) is 0 Å². The maximum atomic E-state index is 12.4. The fourth-order valence-corrected chi connectivity index (χ4v) is 7.21. The van der Waals surface area contributed by atoms with Crippen LogP contribution in [0.1, 0.15) is 251 Å². The lowest BCUT2D eigenvalue weighted by Gasteiger charge is -2.19. The quantitative estimate of drug-likeness (QED) is 0.0430. The molecule has 3 N–H and O–H groups in total. The van der Waals surface area contributed by atoms with Gasteiger partial charge < -0.3 is 15.5 Å². The molecule has 312 valence electrons. The van der Waals surface area contributed by atoms with Crippen LogP contribution in [0.3, 0.4) is 0 Å². The van der Waals surface area contributed by atoms with Crippen molar-refractivity contribution in [1.82, 2.24) is 5.32 Å². The highest BCUT2D eigenvalue weighted by molar-refractivity contribution is 5.76. The number of rotatable bonds is 43. The van der Waals surface area contributed by atoms with Gasteiger partial charge in [0, 0.05) is 6.42 Å². The van der Waals surface area contributed by atoms with Crippen molar-refractivity contribution in [3.05, 3.63) is 36.5 Å². The summed E-state index contributed by atoms with van der Waals surface area (Å²) in [5.74, 6) is -0.0763. The van der Waals surface area contributed by atoms with E-state index in [4.69, 9.17) is 0 Å². The minimum absolute atomic E-state index is 0.0763. The Bertz CT molecular complexity index is 806. The molecule has 4 heteroatoms. The van der Waals surface area contributed by atoms with Crippen LogP contribution in [-0.4, -0.2) is 34.9 Å². The number of aliphatic hydroxyl groups excluding tert-OH is 2. The Balaban J connectivity index is 3.58. The van der Waals surface area contributed by atoms with Crippen molar-refractivity contribution in [1.29, 1.82) is 0 Å². The SMILES string of the molecule is CCCCCCCCCCCCCCCCCCC/C=C/CC/C=C/CC/C=C/C(O)C(CO)NC(=O)CCCCCCCCCCCCCCCC. The van der Waals surface area contributed by atoms with Crippen LogP contribution >= 0.6 is 0 Å². The van der Waals surface area contributed by atoms with E-state index in [1.807, 2.05) is 6.08 Å². The second kappa shape index (κ2) is 45.0. The summed E-state index contributed by atoms with van der Waals surface area (Å²) >= 11 is 0. The molecule has 0 aromatic carbocycles. The van der Waals surface area contributed by atoms with Gasteiger partial charge in [0.2, 0.25) is 5.91 Å². The highest BCUT2D eigenvalue weighted by Crippen LogP contribution is 2.16. The van der Waals surface area contributed by atoms with Gasteiger partial charge in [-0.25, -0.2) is 0 Å². The number of amides is 1. The fraction of sp³-hybridized carbons (Fsp3) is 0.857. The van der Waals surface area contributed by atoms with Crippen LogP contribution in [0.5, 0.6) is 0 Å². The van der Waals surface area contributed by atoms with E-state index in [9.17, 15) is 15.0 Å². The second-order valence-corrected chi connectivity index (χ2v) is 16.2. The first kappa shape index (κ1) is 51.6. The Morgan fingerprint density at radius 3 is 1.09 bits per heavy atom. The van der Waals surface area contributed by atoms with E-state index in [-0.39, 0.29) is 12.5 Å². The molecule has 0 saturated heterocycles. The molecule has 0 rings (SSSR count). The molecule has 0 spiro atoms. The van der Waals surface area contributed by atoms with Crippen molar-refractivity contribution >= 4 is 5.91 Å². The average molecular weight is 744 g/mol. The molecule has 4 nitrogen and oxygen atoms in total. The zero-order valence-electron chi connectivity index (χ0n) is 35.8. The average Bonchev–Trinajstić information content (AvgIpc) is 3.16. The van der Waals surface area contributed by atoms with Crippen molar-refractivity contribution in [3.8, 4) is 0 Å². The van der Waals surface area contributed by atoms with E-state index in [0.29, 0.717) is 6.42 Å². The number of unbranched alkanes of at least 4 members (excludes halogenated alkanes) is 32. The number of carbonyl (C=O) groups excluding carboxylic acids is 1. The molecule has 0 aliphatic carbocycles. The zero-order chi connectivity index (χ0) is 38.6. The van der Waals surface area contributed by atoms with E-state index in [1.54, 1.807) is 6.08 Å². The van der Waals surface area contributed by atoms with E-state index >= 15 is 0 Å². The Morgan fingerprint density at radius 1 is 0.434 bits per heavy atom. The Kier molecular flexibility index (Phi) is 43.8. The first-order chi connectivity index (χ1) is 26.2. The van der Waals surface area contributed by atoms with E-state index in [0.717, 1.165) is 38.5 Å². The van der Waals surface area contributed by atoms with Gasteiger partial charge >= 0.3 is 0 Å². The first-order valence-corrected chi connectivity index (χ1v) is 23.7. The van der Waals surface area contributed by atoms with Crippen LogP contribution in [0.15, 0.2) is 36.5 Å². The van der Waals surface area contributed by atoms with Gasteiger partial charge in [-0.1, -0.05) is 237 Å².